The maximum absolute atomic E-state index is 13.5. The monoisotopic (exact) mass is 439 g/mol. The average molecular weight is 440 g/mol. The summed E-state index contributed by atoms with van der Waals surface area (Å²) in [5, 5.41) is 0. The standard InChI is InChI=1S/C25H33N3O4/c1-5-14-28(24(30)22-17(3)21(18(4)26-22)25(31)32-6-2)20-12-15-27(16-13-20)23(29)19-10-8-7-9-11-19/h7-11,20,26H,5-6,12-16H2,1-4H3. The molecule has 0 spiro atoms. The third kappa shape index (κ3) is 4.87. The van der Waals surface area contributed by atoms with Crippen molar-refractivity contribution in [2.75, 3.05) is 26.2 Å². The molecule has 32 heavy (non-hydrogen) atoms. The molecule has 0 aliphatic carbocycles. The summed E-state index contributed by atoms with van der Waals surface area (Å²) in [6.45, 7) is 9.52. The number of nitrogens with one attached hydrogen (secondary N) is 1. The number of aryl methyl sites for hydroxylation is 1. The minimum atomic E-state index is -0.410. The summed E-state index contributed by atoms with van der Waals surface area (Å²) in [6, 6.07) is 9.35. The lowest BCUT2D eigenvalue weighted by atomic mass is 10.0. The highest BCUT2D eigenvalue weighted by molar-refractivity contribution is 6.00. The average Bonchev–Trinajstić information content (AvgIpc) is 3.11. The fourth-order valence-electron chi connectivity index (χ4n) is 4.45. The molecular formula is C25H33N3O4. The normalized spacial score (nSPS) is 14.3. The molecule has 7 heteroatoms. The van der Waals surface area contributed by atoms with Crippen molar-refractivity contribution in [3.8, 4) is 0 Å². The number of carbonyl (C=O) groups excluding carboxylic acids is 3. The molecule has 1 aliphatic rings. The molecule has 0 unspecified atom stereocenters. The van der Waals surface area contributed by atoms with E-state index in [0.29, 0.717) is 47.7 Å². The number of likely N-dealkylation sites (tertiary alicyclic amines) is 1. The second-order valence-corrected chi connectivity index (χ2v) is 8.23. The smallest absolute Gasteiger partial charge is 0.340 e. The molecule has 2 amide bonds. The van der Waals surface area contributed by atoms with Crippen molar-refractivity contribution >= 4 is 17.8 Å². The van der Waals surface area contributed by atoms with E-state index >= 15 is 0 Å². The summed E-state index contributed by atoms with van der Waals surface area (Å²) in [5.74, 6) is -0.476. The molecule has 1 fully saturated rings. The lowest BCUT2D eigenvalue weighted by Gasteiger charge is -2.38. The first-order valence-electron chi connectivity index (χ1n) is 11.4. The molecule has 0 atom stereocenters. The largest absolute Gasteiger partial charge is 0.462 e. The molecule has 1 saturated heterocycles. The number of amides is 2. The van der Waals surface area contributed by atoms with Gasteiger partial charge in [0.15, 0.2) is 0 Å². The van der Waals surface area contributed by atoms with E-state index in [0.717, 1.165) is 19.3 Å². The van der Waals surface area contributed by atoms with Crippen LogP contribution in [0.25, 0.3) is 0 Å². The molecule has 1 N–H and O–H groups in total. The van der Waals surface area contributed by atoms with Crippen LogP contribution in [0.1, 0.15) is 75.6 Å². The van der Waals surface area contributed by atoms with Crippen LogP contribution in [-0.4, -0.2) is 64.9 Å². The minimum absolute atomic E-state index is 0.0346. The van der Waals surface area contributed by atoms with E-state index in [1.54, 1.807) is 20.8 Å². The van der Waals surface area contributed by atoms with Crippen molar-refractivity contribution < 1.29 is 19.1 Å². The zero-order valence-electron chi connectivity index (χ0n) is 19.4. The Labute approximate surface area is 189 Å². The predicted molar refractivity (Wildman–Crippen MR) is 123 cm³/mol. The molecule has 172 valence electrons. The predicted octanol–water partition coefficient (Wildman–Crippen LogP) is 3.97. The Balaban J connectivity index is 1.74. The second-order valence-electron chi connectivity index (χ2n) is 8.23. The Kier molecular flexibility index (Phi) is 7.72. The first-order valence-corrected chi connectivity index (χ1v) is 11.4. The van der Waals surface area contributed by atoms with Gasteiger partial charge >= 0.3 is 5.97 Å². The van der Waals surface area contributed by atoms with E-state index in [4.69, 9.17) is 4.74 Å². The van der Waals surface area contributed by atoms with Crippen LogP contribution in [0.4, 0.5) is 0 Å². The zero-order chi connectivity index (χ0) is 23.3. The maximum Gasteiger partial charge on any atom is 0.340 e. The number of hydrogen-bond acceptors (Lipinski definition) is 4. The lowest BCUT2D eigenvalue weighted by Crippen LogP contribution is -2.49. The van der Waals surface area contributed by atoms with Gasteiger partial charge in [-0.15, -0.1) is 0 Å². The Hall–Kier alpha value is -3.09. The van der Waals surface area contributed by atoms with Crippen molar-refractivity contribution in [3.63, 3.8) is 0 Å². The number of carbonyl (C=O) groups is 3. The molecule has 2 aromatic rings. The first-order chi connectivity index (χ1) is 15.4. The van der Waals surface area contributed by atoms with E-state index in [1.807, 2.05) is 47.1 Å². The summed E-state index contributed by atoms with van der Waals surface area (Å²) in [5.41, 5.74) is 2.85. The van der Waals surface area contributed by atoms with E-state index in [2.05, 4.69) is 4.98 Å². The molecule has 1 aromatic heterocycles. The molecule has 1 aliphatic heterocycles. The molecule has 2 heterocycles. The summed E-state index contributed by atoms with van der Waals surface area (Å²) in [6.07, 6.45) is 2.29. The summed E-state index contributed by atoms with van der Waals surface area (Å²) < 4.78 is 5.16. The van der Waals surface area contributed by atoms with Crippen LogP contribution >= 0.6 is 0 Å². The second kappa shape index (κ2) is 10.5. The fourth-order valence-corrected chi connectivity index (χ4v) is 4.45. The highest BCUT2D eigenvalue weighted by Gasteiger charge is 2.32. The first kappa shape index (κ1) is 23.6. The van der Waals surface area contributed by atoms with Gasteiger partial charge in [-0.2, -0.15) is 0 Å². The molecule has 7 nitrogen and oxygen atoms in total. The van der Waals surface area contributed by atoms with Gasteiger partial charge in [0.1, 0.15) is 5.69 Å². The summed E-state index contributed by atoms with van der Waals surface area (Å²) in [7, 11) is 0. The Morgan fingerprint density at radius 3 is 2.34 bits per heavy atom. The van der Waals surface area contributed by atoms with E-state index < -0.39 is 5.97 Å². The fraction of sp³-hybridized carbons (Fsp3) is 0.480. The number of aromatic amines is 1. The van der Waals surface area contributed by atoms with Crippen molar-refractivity contribution in [2.45, 2.75) is 53.0 Å². The van der Waals surface area contributed by atoms with Crippen molar-refractivity contribution in [1.29, 1.82) is 0 Å². The number of ether oxygens (including phenoxy) is 1. The number of hydrogen-bond donors (Lipinski definition) is 1. The lowest BCUT2D eigenvalue weighted by molar-refractivity contribution is 0.0512. The number of aromatic nitrogens is 1. The van der Waals surface area contributed by atoms with Gasteiger partial charge in [-0.25, -0.2) is 4.79 Å². The van der Waals surface area contributed by atoms with Gasteiger partial charge < -0.3 is 19.5 Å². The highest BCUT2D eigenvalue weighted by atomic mass is 16.5. The summed E-state index contributed by atoms with van der Waals surface area (Å²) in [4.78, 5) is 45.5. The molecule has 0 radical (unpaired) electrons. The Morgan fingerprint density at radius 1 is 1.09 bits per heavy atom. The molecule has 1 aromatic carbocycles. The van der Waals surface area contributed by atoms with Crippen LogP contribution in [0.5, 0.6) is 0 Å². The highest BCUT2D eigenvalue weighted by Crippen LogP contribution is 2.25. The number of H-pyrrole nitrogens is 1. The molecule has 0 saturated carbocycles. The van der Waals surface area contributed by atoms with Gasteiger partial charge in [0, 0.05) is 36.9 Å². The van der Waals surface area contributed by atoms with Crippen molar-refractivity contribution in [3.05, 3.63) is 58.4 Å². The molecule has 0 bridgehead atoms. The minimum Gasteiger partial charge on any atom is -0.462 e. The van der Waals surface area contributed by atoms with E-state index in [1.165, 1.54) is 0 Å². The summed E-state index contributed by atoms with van der Waals surface area (Å²) >= 11 is 0. The molecule has 3 rings (SSSR count). The topological polar surface area (TPSA) is 82.7 Å². The number of nitrogens with zero attached hydrogens (tertiary/aromatic N) is 2. The van der Waals surface area contributed by atoms with Gasteiger partial charge in [0.05, 0.1) is 12.2 Å². The SMILES string of the molecule is CCCN(C(=O)c1[nH]c(C)c(C(=O)OCC)c1C)C1CCN(C(=O)c2ccccc2)CC1. The Bertz CT molecular complexity index is 959. The third-order valence-electron chi connectivity index (χ3n) is 6.07. The van der Waals surface area contributed by atoms with E-state index in [-0.39, 0.29) is 24.5 Å². The van der Waals surface area contributed by atoms with Gasteiger partial charge in [-0.05, 0) is 57.7 Å². The van der Waals surface area contributed by atoms with Crippen LogP contribution in [0.15, 0.2) is 30.3 Å². The van der Waals surface area contributed by atoms with Crippen LogP contribution in [0, 0.1) is 13.8 Å². The van der Waals surface area contributed by atoms with Crippen LogP contribution in [0.3, 0.4) is 0 Å². The third-order valence-corrected chi connectivity index (χ3v) is 6.07. The zero-order valence-corrected chi connectivity index (χ0v) is 19.4. The van der Waals surface area contributed by atoms with Crippen LogP contribution in [0.2, 0.25) is 0 Å². The van der Waals surface area contributed by atoms with Crippen LogP contribution in [-0.2, 0) is 4.74 Å². The van der Waals surface area contributed by atoms with Crippen molar-refractivity contribution in [1.82, 2.24) is 14.8 Å². The molecular weight excluding hydrogens is 406 g/mol. The van der Waals surface area contributed by atoms with Gasteiger partial charge in [-0.3, -0.25) is 9.59 Å². The van der Waals surface area contributed by atoms with Crippen molar-refractivity contribution in [2.24, 2.45) is 0 Å². The number of esters is 1. The quantitative estimate of drug-likeness (QED) is 0.662. The van der Waals surface area contributed by atoms with Gasteiger partial charge in [0.2, 0.25) is 0 Å². The number of benzene rings is 1. The van der Waals surface area contributed by atoms with Gasteiger partial charge in [-0.1, -0.05) is 25.1 Å². The number of piperidine rings is 1. The number of rotatable bonds is 7. The van der Waals surface area contributed by atoms with Crippen LogP contribution < -0.4 is 0 Å². The van der Waals surface area contributed by atoms with Gasteiger partial charge in [0.25, 0.3) is 11.8 Å². The Morgan fingerprint density at radius 2 is 1.75 bits per heavy atom. The van der Waals surface area contributed by atoms with E-state index in [9.17, 15) is 14.4 Å². The maximum atomic E-state index is 13.5.